The van der Waals surface area contributed by atoms with Gasteiger partial charge in [0.1, 0.15) is 12.4 Å². The minimum atomic E-state index is -4.38. The van der Waals surface area contributed by atoms with Gasteiger partial charge < -0.3 is 15.8 Å². The van der Waals surface area contributed by atoms with E-state index in [2.05, 4.69) is 5.32 Å². The van der Waals surface area contributed by atoms with E-state index in [0.717, 1.165) is 12.1 Å². The van der Waals surface area contributed by atoms with Gasteiger partial charge in [0.2, 0.25) is 5.91 Å². The number of nitrogens with two attached hydrogens (primary N) is 1. The molecule has 0 unspecified atom stereocenters. The number of rotatable bonds is 5. The van der Waals surface area contributed by atoms with E-state index in [1.807, 2.05) is 0 Å². The Kier molecular flexibility index (Phi) is 4.43. The third-order valence-electron chi connectivity index (χ3n) is 4.01. The van der Waals surface area contributed by atoms with Crippen LogP contribution in [0.2, 0.25) is 0 Å². The second kappa shape index (κ2) is 6.40. The highest BCUT2D eigenvalue weighted by molar-refractivity contribution is 6.00. The van der Waals surface area contributed by atoms with Crippen molar-refractivity contribution in [1.82, 2.24) is 0 Å². The lowest BCUT2D eigenvalue weighted by molar-refractivity contribution is -0.137. The zero-order valence-corrected chi connectivity index (χ0v) is 13.3. The van der Waals surface area contributed by atoms with Crippen molar-refractivity contribution in [3.8, 4) is 5.75 Å². The molecule has 0 heterocycles. The van der Waals surface area contributed by atoms with Gasteiger partial charge in [0.25, 0.3) is 0 Å². The van der Waals surface area contributed by atoms with Crippen molar-refractivity contribution in [2.24, 2.45) is 5.73 Å². The van der Waals surface area contributed by atoms with E-state index in [1.165, 1.54) is 6.07 Å². The third-order valence-corrected chi connectivity index (χ3v) is 4.01. The fourth-order valence-corrected chi connectivity index (χ4v) is 2.26. The summed E-state index contributed by atoms with van der Waals surface area (Å²) in [5.41, 5.74) is 5.36. The van der Waals surface area contributed by atoms with Crippen molar-refractivity contribution in [2.75, 3.05) is 5.32 Å². The molecule has 0 atom stereocenters. The molecule has 4 nitrogen and oxygen atoms in total. The number of carbonyl (C=O) groups excluding carboxylic acids is 1. The second-order valence-corrected chi connectivity index (χ2v) is 6.12. The van der Waals surface area contributed by atoms with Gasteiger partial charge in [-0.2, -0.15) is 13.2 Å². The molecule has 1 fully saturated rings. The standard InChI is InChI=1S/C18H17F3N2O2/c19-18(20,21)13-3-1-2-12(10-13)11-25-15-6-4-14(5-7-15)23-16(24)17(22)8-9-17/h1-7,10H,8-9,11,22H2,(H,23,24). The summed E-state index contributed by atoms with van der Waals surface area (Å²) >= 11 is 0. The Morgan fingerprint density at radius 1 is 1.16 bits per heavy atom. The molecule has 1 saturated carbocycles. The monoisotopic (exact) mass is 350 g/mol. The Morgan fingerprint density at radius 3 is 2.44 bits per heavy atom. The summed E-state index contributed by atoms with van der Waals surface area (Å²) in [5.74, 6) is 0.273. The first-order chi connectivity index (χ1) is 11.8. The quantitative estimate of drug-likeness (QED) is 0.864. The predicted octanol–water partition coefficient (Wildman–Crippen LogP) is 3.71. The topological polar surface area (TPSA) is 64.4 Å². The van der Waals surface area contributed by atoms with E-state index in [9.17, 15) is 18.0 Å². The van der Waals surface area contributed by atoms with Crippen LogP contribution >= 0.6 is 0 Å². The van der Waals surface area contributed by atoms with Crippen LogP contribution in [0.25, 0.3) is 0 Å². The van der Waals surface area contributed by atoms with E-state index in [0.29, 0.717) is 29.8 Å². The van der Waals surface area contributed by atoms with Gasteiger partial charge >= 0.3 is 6.18 Å². The molecule has 0 radical (unpaired) electrons. The second-order valence-electron chi connectivity index (χ2n) is 6.12. The highest BCUT2D eigenvalue weighted by atomic mass is 19.4. The number of hydrogen-bond acceptors (Lipinski definition) is 3. The average molecular weight is 350 g/mol. The Hall–Kier alpha value is -2.54. The Bertz CT molecular complexity index is 769. The van der Waals surface area contributed by atoms with Crippen LogP contribution in [0.4, 0.5) is 18.9 Å². The minimum Gasteiger partial charge on any atom is -0.489 e. The number of carbonyl (C=O) groups is 1. The molecule has 132 valence electrons. The van der Waals surface area contributed by atoms with Gasteiger partial charge in [0, 0.05) is 5.69 Å². The summed E-state index contributed by atoms with van der Waals surface area (Å²) in [6.45, 7) is 0.0154. The maximum Gasteiger partial charge on any atom is 0.416 e. The van der Waals surface area contributed by atoms with Crippen LogP contribution in [0.5, 0.6) is 5.75 Å². The highest BCUT2D eigenvalue weighted by Crippen LogP contribution is 2.33. The van der Waals surface area contributed by atoms with E-state index < -0.39 is 17.3 Å². The molecule has 0 spiro atoms. The molecule has 0 saturated heterocycles. The molecule has 2 aromatic rings. The molecule has 0 aliphatic heterocycles. The SMILES string of the molecule is NC1(C(=O)Nc2ccc(OCc3cccc(C(F)(F)F)c3)cc2)CC1. The minimum absolute atomic E-state index is 0.0154. The lowest BCUT2D eigenvalue weighted by Gasteiger charge is -2.12. The van der Waals surface area contributed by atoms with Gasteiger partial charge in [-0.3, -0.25) is 4.79 Å². The number of ether oxygens (including phenoxy) is 1. The lowest BCUT2D eigenvalue weighted by atomic mass is 10.1. The Morgan fingerprint density at radius 2 is 1.84 bits per heavy atom. The lowest BCUT2D eigenvalue weighted by Crippen LogP contribution is -2.37. The van der Waals surface area contributed by atoms with Gasteiger partial charge in [-0.1, -0.05) is 12.1 Å². The highest BCUT2D eigenvalue weighted by Gasteiger charge is 2.45. The zero-order valence-electron chi connectivity index (χ0n) is 13.3. The summed E-state index contributed by atoms with van der Waals surface area (Å²) in [7, 11) is 0. The molecule has 2 aromatic carbocycles. The number of anilines is 1. The van der Waals surface area contributed by atoms with Crippen LogP contribution in [-0.2, 0) is 17.6 Å². The van der Waals surface area contributed by atoms with E-state index in [1.54, 1.807) is 30.3 Å². The Balaban J connectivity index is 1.58. The van der Waals surface area contributed by atoms with Gasteiger partial charge in [-0.15, -0.1) is 0 Å². The molecule has 0 bridgehead atoms. The molecular formula is C18H17F3N2O2. The number of benzene rings is 2. The largest absolute Gasteiger partial charge is 0.489 e. The maximum atomic E-state index is 12.7. The van der Waals surface area contributed by atoms with Crippen LogP contribution in [-0.4, -0.2) is 11.4 Å². The van der Waals surface area contributed by atoms with Crippen LogP contribution in [0.15, 0.2) is 48.5 Å². The van der Waals surface area contributed by atoms with Crippen LogP contribution in [0.3, 0.4) is 0 Å². The van der Waals surface area contributed by atoms with E-state index in [4.69, 9.17) is 10.5 Å². The number of nitrogens with one attached hydrogen (secondary N) is 1. The third kappa shape index (κ3) is 4.30. The first kappa shape index (κ1) is 17.3. The molecule has 0 aromatic heterocycles. The number of halogens is 3. The van der Waals surface area contributed by atoms with Crippen molar-refractivity contribution >= 4 is 11.6 Å². The average Bonchev–Trinajstić information content (AvgIpc) is 3.33. The van der Waals surface area contributed by atoms with Gasteiger partial charge in [-0.25, -0.2) is 0 Å². The summed E-state index contributed by atoms with van der Waals surface area (Å²) < 4.78 is 43.5. The summed E-state index contributed by atoms with van der Waals surface area (Å²) in [4.78, 5) is 11.8. The van der Waals surface area contributed by atoms with Crippen LogP contribution in [0, 0.1) is 0 Å². The maximum absolute atomic E-state index is 12.7. The molecule has 1 aliphatic carbocycles. The first-order valence-electron chi connectivity index (χ1n) is 7.76. The molecule has 3 N–H and O–H groups in total. The van der Waals surface area contributed by atoms with Crippen molar-refractivity contribution < 1.29 is 22.7 Å². The smallest absolute Gasteiger partial charge is 0.416 e. The predicted molar refractivity (Wildman–Crippen MR) is 87.0 cm³/mol. The number of hydrogen-bond donors (Lipinski definition) is 2. The first-order valence-corrected chi connectivity index (χ1v) is 7.76. The zero-order chi connectivity index (χ0) is 18.1. The molecule has 1 amide bonds. The van der Waals surface area contributed by atoms with Crippen LogP contribution in [0.1, 0.15) is 24.0 Å². The molecule has 3 rings (SSSR count). The number of amides is 1. The molecule has 7 heteroatoms. The van der Waals surface area contributed by atoms with Gasteiger partial charge in [0.15, 0.2) is 0 Å². The van der Waals surface area contributed by atoms with Crippen molar-refractivity contribution in [1.29, 1.82) is 0 Å². The fourth-order valence-electron chi connectivity index (χ4n) is 2.26. The van der Waals surface area contributed by atoms with E-state index in [-0.39, 0.29) is 12.5 Å². The Labute approximate surface area is 142 Å². The van der Waals surface area contributed by atoms with E-state index >= 15 is 0 Å². The summed E-state index contributed by atoms with van der Waals surface area (Å²) in [5, 5.41) is 2.72. The van der Waals surface area contributed by atoms with Gasteiger partial charge in [0.05, 0.1) is 11.1 Å². The molecule has 25 heavy (non-hydrogen) atoms. The molecule has 1 aliphatic rings. The summed E-state index contributed by atoms with van der Waals surface area (Å²) in [6.07, 6.45) is -3.02. The van der Waals surface area contributed by atoms with Crippen molar-refractivity contribution in [3.63, 3.8) is 0 Å². The molecular weight excluding hydrogens is 333 g/mol. The van der Waals surface area contributed by atoms with Crippen LogP contribution < -0.4 is 15.8 Å². The fraction of sp³-hybridized carbons (Fsp3) is 0.278. The number of alkyl halides is 3. The van der Waals surface area contributed by atoms with Crippen molar-refractivity contribution in [3.05, 3.63) is 59.7 Å². The summed E-state index contributed by atoms with van der Waals surface area (Å²) in [6, 6.07) is 11.6. The van der Waals surface area contributed by atoms with Gasteiger partial charge in [-0.05, 0) is 54.8 Å². The normalized spacial score (nSPS) is 15.5. The van der Waals surface area contributed by atoms with Crippen molar-refractivity contribution in [2.45, 2.75) is 31.2 Å².